The lowest BCUT2D eigenvalue weighted by molar-refractivity contribution is 0.446. The second kappa shape index (κ2) is 1.37. The summed E-state index contributed by atoms with van der Waals surface area (Å²) < 4.78 is 0. The van der Waals surface area contributed by atoms with Crippen LogP contribution in [0.1, 0.15) is 26.2 Å². The fourth-order valence-corrected chi connectivity index (χ4v) is 2.12. The molecular weight excluding hydrogens is 96.1 g/mol. The summed E-state index contributed by atoms with van der Waals surface area (Å²) >= 11 is 0. The van der Waals surface area contributed by atoms with Gasteiger partial charge in [-0.25, -0.2) is 0 Å². The molecule has 0 heteroatoms. The Kier molecular flexibility index (Phi) is 0.787. The first-order valence-corrected chi connectivity index (χ1v) is 3.62. The van der Waals surface area contributed by atoms with Crippen molar-refractivity contribution < 1.29 is 0 Å². The van der Waals surface area contributed by atoms with Crippen molar-refractivity contribution >= 4 is 0 Å². The van der Waals surface area contributed by atoms with Crippen LogP contribution in [0, 0.1) is 11.8 Å². The molecule has 0 aromatic heterocycles. The van der Waals surface area contributed by atoms with Crippen LogP contribution in [-0.4, -0.2) is 0 Å². The molecule has 0 heterocycles. The molecule has 0 aliphatic heterocycles. The minimum Gasteiger partial charge on any atom is -0.0813 e. The largest absolute Gasteiger partial charge is 0.0813 e. The fraction of sp³-hybridized carbons (Fsp3) is 0.750. The number of hydrogen-bond acceptors (Lipinski definition) is 0. The highest BCUT2D eigenvalue weighted by Crippen LogP contribution is 2.48. The monoisotopic (exact) mass is 108 g/mol. The number of allylic oxidation sites excluding steroid dienone is 2. The summed E-state index contributed by atoms with van der Waals surface area (Å²) in [6.07, 6.45) is 6.74. The average molecular weight is 108 g/mol. The average Bonchev–Trinajstić information content (AvgIpc) is 2.19. The second-order valence-electron chi connectivity index (χ2n) is 2.96. The van der Waals surface area contributed by atoms with Gasteiger partial charge in [0.25, 0.3) is 0 Å². The van der Waals surface area contributed by atoms with Gasteiger partial charge in [-0.1, -0.05) is 18.6 Å². The zero-order valence-corrected chi connectivity index (χ0v) is 5.35. The number of fused-ring (bicyclic) bond motifs is 1. The highest BCUT2D eigenvalue weighted by molar-refractivity contribution is 5.27. The van der Waals surface area contributed by atoms with Crippen LogP contribution in [0.4, 0.5) is 0 Å². The molecule has 8 heavy (non-hydrogen) atoms. The van der Waals surface area contributed by atoms with Crippen molar-refractivity contribution in [2.24, 2.45) is 11.8 Å². The van der Waals surface area contributed by atoms with Crippen molar-refractivity contribution in [3.63, 3.8) is 0 Å². The summed E-state index contributed by atoms with van der Waals surface area (Å²) in [5.41, 5.74) is 1.76. The van der Waals surface area contributed by atoms with Gasteiger partial charge in [0.05, 0.1) is 0 Å². The predicted molar refractivity (Wildman–Crippen MR) is 34.6 cm³/mol. The SMILES string of the molecule is CCC1C2=CC1CC2. The van der Waals surface area contributed by atoms with Crippen LogP contribution >= 0.6 is 0 Å². The molecule has 2 bridgehead atoms. The van der Waals surface area contributed by atoms with Gasteiger partial charge in [-0.05, 0) is 31.1 Å². The molecule has 0 aromatic rings. The van der Waals surface area contributed by atoms with E-state index in [0.717, 1.165) is 11.8 Å². The molecule has 3 rings (SSSR count). The Morgan fingerprint density at radius 3 is 2.88 bits per heavy atom. The topological polar surface area (TPSA) is 0 Å². The lowest BCUT2D eigenvalue weighted by Crippen LogP contribution is -2.14. The molecule has 0 amide bonds. The van der Waals surface area contributed by atoms with E-state index in [9.17, 15) is 0 Å². The van der Waals surface area contributed by atoms with Gasteiger partial charge in [0.15, 0.2) is 0 Å². The molecule has 0 radical (unpaired) electrons. The molecule has 3 aliphatic carbocycles. The molecule has 1 saturated carbocycles. The Morgan fingerprint density at radius 2 is 2.62 bits per heavy atom. The summed E-state index contributed by atoms with van der Waals surface area (Å²) in [7, 11) is 0. The molecule has 0 spiro atoms. The minimum absolute atomic E-state index is 1.01. The van der Waals surface area contributed by atoms with Gasteiger partial charge in [-0.15, -0.1) is 0 Å². The quantitative estimate of drug-likeness (QED) is 0.452. The van der Waals surface area contributed by atoms with E-state index in [4.69, 9.17) is 0 Å². The summed E-state index contributed by atoms with van der Waals surface area (Å²) in [6, 6.07) is 0. The third-order valence-electron chi connectivity index (χ3n) is 2.63. The molecule has 0 aromatic carbocycles. The van der Waals surface area contributed by atoms with Gasteiger partial charge in [0.1, 0.15) is 0 Å². The van der Waals surface area contributed by atoms with Crippen LogP contribution in [0.2, 0.25) is 0 Å². The van der Waals surface area contributed by atoms with E-state index in [0.29, 0.717) is 0 Å². The van der Waals surface area contributed by atoms with Crippen molar-refractivity contribution in [2.45, 2.75) is 26.2 Å². The normalized spacial score (nSPS) is 41.4. The molecule has 1 fully saturated rings. The maximum Gasteiger partial charge on any atom is -0.0143 e. The molecule has 2 unspecified atom stereocenters. The first-order chi connectivity index (χ1) is 3.92. The minimum atomic E-state index is 1.01. The molecule has 2 atom stereocenters. The molecule has 0 nitrogen and oxygen atoms in total. The lowest BCUT2D eigenvalue weighted by atomic mass is 9.81. The Labute approximate surface area is 50.6 Å². The van der Waals surface area contributed by atoms with Gasteiger partial charge < -0.3 is 0 Å². The highest BCUT2D eigenvalue weighted by Gasteiger charge is 2.36. The molecule has 44 valence electrons. The third kappa shape index (κ3) is 0.367. The van der Waals surface area contributed by atoms with E-state index in [2.05, 4.69) is 13.0 Å². The van der Waals surface area contributed by atoms with E-state index in [1.807, 2.05) is 0 Å². The van der Waals surface area contributed by atoms with Crippen LogP contribution in [-0.2, 0) is 0 Å². The zero-order chi connectivity index (χ0) is 5.56. The van der Waals surface area contributed by atoms with Crippen LogP contribution < -0.4 is 0 Å². The second-order valence-corrected chi connectivity index (χ2v) is 2.96. The van der Waals surface area contributed by atoms with Crippen molar-refractivity contribution in [3.8, 4) is 0 Å². The van der Waals surface area contributed by atoms with Gasteiger partial charge >= 0.3 is 0 Å². The maximum absolute atomic E-state index is 2.47. The number of hydrogen-bond donors (Lipinski definition) is 0. The Bertz CT molecular complexity index is 133. The maximum atomic E-state index is 2.47. The van der Waals surface area contributed by atoms with Gasteiger partial charge in [-0.2, -0.15) is 0 Å². The number of rotatable bonds is 1. The van der Waals surface area contributed by atoms with Crippen LogP contribution in [0.25, 0.3) is 0 Å². The van der Waals surface area contributed by atoms with E-state index in [-0.39, 0.29) is 0 Å². The van der Waals surface area contributed by atoms with Crippen molar-refractivity contribution in [2.75, 3.05) is 0 Å². The van der Waals surface area contributed by atoms with Crippen LogP contribution in [0.3, 0.4) is 0 Å². The fourth-order valence-electron chi connectivity index (χ4n) is 2.12. The Balaban J connectivity index is 2.14. The van der Waals surface area contributed by atoms with Gasteiger partial charge in [0.2, 0.25) is 0 Å². The molecule has 3 aliphatic rings. The standard InChI is InChI=1S/C8H12/c1-2-8-6-3-4-7(8)5-6/h5-6,8H,2-4H2,1H3. The summed E-state index contributed by atoms with van der Waals surface area (Å²) in [5.74, 6) is 2.03. The van der Waals surface area contributed by atoms with E-state index >= 15 is 0 Å². The van der Waals surface area contributed by atoms with Crippen molar-refractivity contribution in [1.29, 1.82) is 0 Å². The molecule has 0 saturated heterocycles. The van der Waals surface area contributed by atoms with Crippen molar-refractivity contribution in [3.05, 3.63) is 11.6 Å². The van der Waals surface area contributed by atoms with Gasteiger partial charge in [-0.3, -0.25) is 0 Å². The van der Waals surface area contributed by atoms with Crippen LogP contribution in [0.5, 0.6) is 0 Å². The lowest BCUT2D eigenvalue weighted by Gasteiger charge is -2.24. The molecular formula is C8H12. The van der Waals surface area contributed by atoms with E-state index in [1.165, 1.54) is 19.3 Å². The van der Waals surface area contributed by atoms with E-state index < -0.39 is 0 Å². The first kappa shape index (κ1) is 4.60. The zero-order valence-electron chi connectivity index (χ0n) is 5.35. The third-order valence-corrected chi connectivity index (χ3v) is 2.63. The molecule has 0 N–H and O–H groups in total. The first-order valence-electron chi connectivity index (χ1n) is 3.62. The summed E-state index contributed by atoms with van der Waals surface area (Å²) in [5, 5.41) is 0. The summed E-state index contributed by atoms with van der Waals surface area (Å²) in [4.78, 5) is 0. The predicted octanol–water partition coefficient (Wildman–Crippen LogP) is 2.36. The Morgan fingerprint density at radius 1 is 1.75 bits per heavy atom. The van der Waals surface area contributed by atoms with Gasteiger partial charge in [0, 0.05) is 0 Å². The van der Waals surface area contributed by atoms with Crippen LogP contribution in [0.15, 0.2) is 11.6 Å². The Hall–Kier alpha value is -0.260. The smallest absolute Gasteiger partial charge is 0.0143 e. The van der Waals surface area contributed by atoms with E-state index in [1.54, 1.807) is 5.57 Å². The van der Waals surface area contributed by atoms with Crippen molar-refractivity contribution in [1.82, 2.24) is 0 Å². The highest BCUT2D eigenvalue weighted by atomic mass is 14.4. The summed E-state index contributed by atoms with van der Waals surface area (Å²) in [6.45, 7) is 2.30.